The highest BCUT2D eigenvalue weighted by Gasteiger charge is 2.13. The Kier molecular flexibility index (Phi) is 4.46. The average Bonchev–Trinajstić information content (AvgIpc) is 1.84. The van der Waals surface area contributed by atoms with Gasteiger partial charge in [0, 0.05) is 5.38 Å². The lowest BCUT2D eigenvalue weighted by molar-refractivity contribution is 0.00609. The molecule has 0 aliphatic heterocycles. The molecule has 2 nitrogen and oxygen atoms in total. The third-order valence-electron chi connectivity index (χ3n) is 0.902. The Bertz CT molecular complexity index is 143. The van der Waals surface area contributed by atoms with Crippen molar-refractivity contribution in [2.24, 2.45) is 0 Å². The molecule has 0 spiro atoms. The number of hydrogen-bond donors (Lipinski definition) is 1. The van der Waals surface area contributed by atoms with Crippen molar-refractivity contribution in [3.05, 3.63) is 0 Å². The molecule has 0 aliphatic rings. The van der Waals surface area contributed by atoms with E-state index in [0.29, 0.717) is 6.61 Å². The van der Waals surface area contributed by atoms with Gasteiger partial charge in [0.15, 0.2) is 0 Å². The van der Waals surface area contributed by atoms with E-state index in [0.717, 1.165) is 0 Å². The molecule has 0 aromatic heterocycles. The molecule has 0 heterocycles. The highest BCUT2D eigenvalue weighted by molar-refractivity contribution is 6.30. The Balaban J connectivity index is 3.71. The molecule has 0 bridgehead atoms. The van der Waals surface area contributed by atoms with Crippen LogP contribution in [-0.4, -0.2) is 23.9 Å². The Morgan fingerprint density at radius 1 is 1.60 bits per heavy atom. The second kappa shape index (κ2) is 4.56. The van der Waals surface area contributed by atoms with E-state index >= 15 is 0 Å². The van der Waals surface area contributed by atoms with Crippen LogP contribution >= 0.6 is 11.6 Å². The van der Waals surface area contributed by atoms with Crippen molar-refractivity contribution < 1.29 is 9.84 Å². The van der Waals surface area contributed by atoms with Crippen LogP contribution in [0.2, 0.25) is 0 Å². The van der Waals surface area contributed by atoms with E-state index in [2.05, 4.69) is 11.3 Å². The smallest absolute Gasteiger partial charge is 0.124 e. The molecule has 0 saturated heterocycles. The summed E-state index contributed by atoms with van der Waals surface area (Å²) >= 11 is 5.16. The third-order valence-corrected chi connectivity index (χ3v) is 0.997. The molecule has 0 aromatic rings. The summed E-state index contributed by atoms with van der Waals surface area (Å²) in [4.78, 5) is 0. The first-order chi connectivity index (χ1) is 4.62. The van der Waals surface area contributed by atoms with Crippen molar-refractivity contribution in [3.63, 3.8) is 0 Å². The fourth-order valence-electron chi connectivity index (χ4n) is 0.451. The molecule has 0 rings (SSSR count). The maximum Gasteiger partial charge on any atom is 0.124 e. The van der Waals surface area contributed by atoms with E-state index in [1.54, 1.807) is 13.8 Å². The Labute approximate surface area is 66.1 Å². The van der Waals surface area contributed by atoms with E-state index in [1.165, 1.54) is 0 Å². The van der Waals surface area contributed by atoms with Crippen LogP contribution in [0.15, 0.2) is 0 Å². The number of halogens is 1. The van der Waals surface area contributed by atoms with Gasteiger partial charge >= 0.3 is 0 Å². The molecule has 0 atom stereocenters. The Hall–Kier alpha value is -0.230. The van der Waals surface area contributed by atoms with E-state index in [4.69, 9.17) is 21.4 Å². The van der Waals surface area contributed by atoms with Crippen molar-refractivity contribution in [3.8, 4) is 11.3 Å². The minimum Gasteiger partial charge on any atom is -0.394 e. The zero-order valence-electron chi connectivity index (χ0n) is 6.15. The number of aliphatic hydroxyl groups excluding tert-OH is 1. The molecule has 1 N–H and O–H groups in total. The van der Waals surface area contributed by atoms with Crippen molar-refractivity contribution >= 4 is 11.6 Å². The monoisotopic (exact) mass is 162 g/mol. The Morgan fingerprint density at radius 3 is 2.60 bits per heavy atom. The molecule has 3 heteroatoms. The van der Waals surface area contributed by atoms with Crippen LogP contribution in [-0.2, 0) is 4.74 Å². The highest BCUT2D eigenvalue weighted by Crippen LogP contribution is 2.06. The standard InChI is InChI=1S/C7H11ClO2/c1-7(2,3-4-8)10-6-5-9/h9H,5-6H2,1-2H3. The number of rotatable bonds is 3. The molecule has 10 heavy (non-hydrogen) atoms. The summed E-state index contributed by atoms with van der Waals surface area (Å²) in [6.45, 7) is 3.88. The molecular formula is C7H11ClO2. The second-order valence-electron chi connectivity index (χ2n) is 2.30. The fraction of sp³-hybridized carbons (Fsp3) is 0.714. The van der Waals surface area contributed by atoms with Crippen LogP contribution in [0.4, 0.5) is 0 Å². The van der Waals surface area contributed by atoms with E-state index in [1.807, 2.05) is 0 Å². The van der Waals surface area contributed by atoms with Crippen molar-refractivity contribution in [1.29, 1.82) is 0 Å². The molecule has 0 fully saturated rings. The Morgan fingerprint density at radius 2 is 2.20 bits per heavy atom. The largest absolute Gasteiger partial charge is 0.394 e. The maximum atomic E-state index is 8.39. The molecule has 0 aliphatic carbocycles. The molecule has 0 unspecified atom stereocenters. The molecule has 0 radical (unpaired) electrons. The zero-order valence-corrected chi connectivity index (χ0v) is 6.90. The summed E-state index contributed by atoms with van der Waals surface area (Å²) in [5, 5.41) is 10.6. The summed E-state index contributed by atoms with van der Waals surface area (Å²) in [5.41, 5.74) is -0.551. The van der Waals surface area contributed by atoms with Gasteiger partial charge in [0.2, 0.25) is 0 Å². The second-order valence-corrected chi connectivity index (χ2v) is 2.49. The molecule has 0 amide bonds. The van der Waals surface area contributed by atoms with E-state index in [9.17, 15) is 0 Å². The predicted molar refractivity (Wildman–Crippen MR) is 40.7 cm³/mol. The fourth-order valence-corrected chi connectivity index (χ4v) is 0.678. The van der Waals surface area contributed by atoms with Crippen molar-refractivity contribution in [2.45, 2.75) is 19.4 Å². The first-order valence-electron chi connectivity index (χ1n) is 3.00. The summed E-state index contributed by atoms with van der Waals surface area (Å²) in [5.74, 6) is 2.64. The normalized spacial score (nSPS) is 10.4. The van der Waals surface area contributed by atoms with Gasteiger partial charge in [-0.05, 0) is 25.4 Å². The maximum absolute atomic E-state index is 8.39. The van der Waals surface area contributed by atoms with E-state index < -0.39 is 5.60 Å². The van der Waals surface area contributed by atoms with Gasteiger partial charge in [-0.15, -0.1) is 0 Å². The van der Waals surface area contributed by atoms with Gasteiger partial charge in [0.1, 0.15) is 5.60 Å². The molecule has 0 saturated carbocycles. The first-order valence-corrected chi connectivity index (χ1v) is 3.38. The van der Waals surface area contributed by atoms with E-state index in [-0.39, 0.29) is 6.61 Å². The van der Waals surface area contributed by atoms with Crippen LogP contribution in [0.5, 0.6) is 0 Å². The van der Waals surface area contributed by atoms with Crippen LogP contribution < -0.4 is 0 Å². The van der Waals surface area contributed by atoms with Crippen LogP contribution in [0.3, 0.4) is 0 Å². The minimum absolute atomic E-state index is 0.00734. The number of aliphatic hydroxyl groups is 1. The topological polar surface area (TPSA) is 29.5 Å². The summed E-state index contributed by atoms with van der Waals surface area (Å²) < 4.78 is 5.11. The van der Waals surface area contributed by atoms with Gasteiger partial charge in [-0.1, -0.05) is 5.92 Å². The van der Waals surface area contributed by atoms with Crippen LogP contribution in [0.25, 0.3) is 0 Å². The van der Waals surface area contributed by atoms with Crippen LogP contribution in [0.1, 0.15) is 13.8 Å². The van der Waals surface area contributed by atoms with Gasteiger partial charge < -0.3 is 9.84 Å². The summed E-state index contributed by atoms with van der Waals surface area (Å²) in [6, 6.07) is 0. The van der Waals surface area contributed by atoms with Crippen LogP contribution in [0, 0.1) is 11.3 Å². The lowest BCUT2D eigenvalue weighted by Gasteiger charge is -2.17. The highest BCUT2D eigenvalue weighted by atomic mass is 35.5. The van der Waals surface area contributed by atoms with Gasteiger partial charge in [-0.2, -0.15) is 0 Å². The molecule has 58 valence electrons. The van der Waals surface area contributed by atoms with Crippen molar-refractivity contribution in [2.75, 3.05) is 13.2 Å². The summed E-state index contributed by atoms with van der Waals surface area (Å²) in [7, 11) is 0. The quantitative estimate of drug-likeness (QED) is 0.627. The van der Waals surface area contributed by atoms with Crippen molar-refractivity contribution in [1.82, 2.24) is 0 Å². The zero-order chi connectivity index (χ0) is 8.04. The molecular weight excluding hydrogens is 152 g/mol. The van der Waals surface area contributed by atoms with Gasteiger partial charge in [-0.25, -0.2) is 0 Å². The SMILES string of the molecule is CC(C)(C#CCl)OCCO. The minimum atomic E-state index is -0.551. The van der Waals surface area contributed by atoms with Gasteiger partial charge in [0.25, 0.3) is 0 Å². The third kappa shape index (κ3) is 4.63. The number of ether oxygens (including phenoxy) is 1. The summed E-state index contributed by atoms with van der Waals surface area (Å²) in [6.07, 6.45) is 0. The lowest BCUT2D eigenvalue weighted by Crippen LogP contribution is -2.23. The van der Waals surface area contributed by atoms with Gasteiger partial charge in [0.05, 0.1) is 13.2 Å². The average molecular weight is 163 g/mol. The lowest BCUT2D eigenvalue weighted by atomic mass is 10.1. The number of hydrogen-bond acceptors (Lipinski definition) is 2. The van der Waals surface area contributed by atoms with Gasteiger partial charge in [-0.3, -0.25) is 0 Å². The molecule has 0 aromatic carbocycles. The first kappa shape index (κ1) is 9.77. The predicted octanol–water partition coefficient (Wildman–Crippen LogP) is 0.974.